The zero-order valence-electron chi connectivity index (χ0n) is 8.67. The summed E-state index contributed by atoms with van der Waals surface area (Å²) in [5.74, 6) is 0. The van der Waals surface area contributed by atoms with E-state index in [0.29, 0.717) is 0 Å². The van der Waals surface area contributed by atoms with Crippen molar-refractivity contribution in [2.45, 2.75) is 32.2 Å². The van der Waals surface area contributed by atoms with E-state index in [0.717, 1.165) is 45.3 Å². The molecule has 1 fully saturated rings. The molecule has 0 aromatic heterocycles. The molecule has 78 valence electrons. The van der Waals surface area contributed by atoms with Crippen LogP contribution in [-0.2, 0) is 4.74 Å². The molecule has 0 aromatic rings. The van der Waals surface area contributed by atoms with Crippen molar-refractivity contribution in [1.29, 1.82) is 0 Å². The molecule has 1 saturated carbocycles. The fourth-order valence-corrected chi connectivity index (χ4v) is 1.51. The SMILES string of the molecule is CCCOCCN(CCN)C1CC1. The second-order valence-corrected chi connectivity index (χ2v) is 3.67. The van der Waals surface area contributed by atoms with E-state index in [2.05, 4.69) is 11.8 Å². The van der Waals surface area contributed by atoms with Crippen LogP contribution < -0.4 is 5.73 Å². The molecule has 0 aromatic carbocycles. The van der Waals surface area contributed by atoms with Gasteiger partial charge in [-0.05, 0) is 19.3 Å². The lowest BCUT2D eigenvalue weighted by Gasteiger charge is -2.20. The summed E-state index contributed by atoms with van der Waals surface area (Å²) < 4.78 is 5.46. The normalized spacial score (nSPS) is 16.8. The Labute approximate surface area is 81.2 Å². The molecular weight excluding hydrogens is 164 g/mol. The van der Waals surface area contributed by atoms with Gasteiger partial charge in [0.25, 0.3) is 0 Å². The van der Waals surface area contributed by atoms with Crippen LogP contribution in [0.1, 0.15) is 26.2 Å². The Morgan fingerprint density at radius 2 is 2.08 bits per heavy atom. The molecule has 3 heteroatoms. The maximum absolute atomic E-state index is 5.54. The highest BCUT2D eigenvalue weighted by atomic mass is 16.5. The van der Waals surface area contributed by atoms with Crippen LogP contribution in [0, 0.1) is 0 Å². The summed E-state index contributed by atoms with van der Waals surface area (Å²) >= 11 is 0. The third kappa shape index (κ3) is 4.60. The predicted octanol–water partition coefficient (Wildman–Crippen LogP) is 0.836. The first-order valence-corrected chi connectivity index (χ1v) is 5.40. The standard InChI is InChI=1S/C10H22N2O/c1-2-8-13-9-7-12(6-5-11)10-3-4-10/h10H,2-9,11H2,1H3. The minimum Gasteiger partial charge on any atom is -0.380 e. The van der Waals surface area contributed by atoms with Crippen molar-refractivity contribution in [2.75, 3.05) is 32.8 Å². The van der Waals surface area contributed by atoms with Gasteiger partial charge in [0.15, 0.2) is 0 Å². The summed E-state index contributed by atoms with van der Waals surface area (Å²) in [7, 11) is 0. The second kappa shape index (κ2) is 6.35. The number of nitrogens with two attached hydrogens (primary N) is 1. The highest BCUT2D eigenvalue weighted by Crippen LogP contribution is 2.25. The van der Waals surface area contributed by atoms with Gasteiger partial charge in [-0.25, -0.2) is 0 Å². The molecule has 0 heterocycles. The Morgan fingerprint density at radius 1 is 1.31 bits per heavy atom. The first-order valence-electron chi connectivity index (χ1n) is 5.40. The molecule has 0 bridgehead atoms. The van der Waals surface area contributed by atoms with E-state index >= 15 is 0 Å². The molecule has 1 aliphatic rings. The van der Waals surface area contributed by atoms with Gasteiger partial charge in [0, 0.05) is 32.3 Å². The Balaban J connectivity index is 2.00. The summed E-state index contributed by atoms with van der Waals surface area (Å²) in [4.78, 5) is 2.45. The number of hydrogen-bond acceptors (Lipinski definition) is 3. The van der Waals surface area contributed by atoms with Gasteiger partial charge in [-0.2, -0.15) is 0 Å². The van der Waals surface area contributed by atoms with Crippen molar-refractivity contribution in [3.8, 4) is 0 Å². The van der Waals surface area contributed by atoms with Crippen LogP contribution in [0.4, 0.5) is 0 Å². The zero-order chi connectivity index (χ0) is 9.52. The van der Waals surface area contributed by atoms with E-state index in [9.17, 15) is 0 Å². The van der Waals surface area contributed by atoms with Gasteiger partial charge in [0.1, 0.15) is 0 Å². The zero-order valence-corrected chi connectivity index (χ0v) is 8.67. The van der Waals surface area contributed by atoms with E-state index in [4.69, 9.17) is 10.5 Å². The fourth-order valence-electron chi connectivity index (χ4n) is 1.51. The van der Waals surface area contributed by atoms with Gasteiger partial charge in [-0.15, -0.1) is 0 Å². The maximum Gasteiger partial charge on any atom is 0.0593 e. The summed E-state index contributed by atoms with van der Waals surface area (Å²) in [5, 5.41) is 0. The van der Waals surface area contributed by atoms with Crippen molar-refractivity contribution in [3.05, 3.63) is 0 Å². The minimum atomic E-state index is 0.768. The molecule has 1 aliphatic carbocycles. The topological polar surface area (TPSA) is 38.5 Å². The lowest BCUT2D eigenvalue weighted by Crippen LogP contribution is -2.34. The average Bonchev–Trinajstić information content (AvgIpc) is 2.93. The van der Waals surface area contributed by atoms with Gasteiger partial charge in [-0.3, -0.25) is 4.90 Å². The first-order chi connectivity index (χ1) is 6.38. The molecule has 0 radical (unpaired) electrons. The van der Waals surface area contributed by atoms with Crippen LogP contribution in [0.3, 0.4) is 0 Å². The molecule has 0 spiro atoms. The molecule has 0 unspecified atom stereocenters. The Kier molecular flexibility index (Phi) is 5.35. The van der Waals surface area contributed by atoms with Crippen LogP contribution in [-0.4, -0.2) is 43.8 Å². The lowest BCUT2D eigenvalue weighted by atomic mass is 10.4. The number of rotatable bonds is 8. The second-order valence-electron chi connectivity index (χ2n) is 3.67. The summed E-state index contributed by atoms with van der Waals surface area (Å²) in [6.45, 7) is 6.75. The van der Waals surface area contributed by atoms with E-state index in [-0.39, 0.29) is 0 Å². The Morgan fingerprint density at radius 3 is 2.62 bits per heavy atom. The van der Waals surface area contributed by atoms with E-state index in [1.54, 1.807) is 0 Å². The molecule has 3 nitrogen and oxygen atoms in total. The van der Waals surface area contributed by atoms with Crippen LogP contribution in [0.15, 0.2) is 0 Å². The molecule has 13 heavy (non-hydrogen) atoms. The van der Waals surface area contributed by atoms with E-state index < -0.39 is 0 Å². The van der Waals surface area contributed by atoms with Crippen molar-refractivity contribution < 1.29 is 4.74 Å². The van der Waals surface area contributed by atoms with Crippen LogP contribution >= 0.6 is 0 Å². The highest BCUT2D eigenvalue weighted by molar-refractivity contribution is 4.84. The smallest absolute Gasteiger partial charge is 0.0593 e. The number of nitrogens with zero attached hydrogens (tertiary/aromatic N) is 1. The third-order valence-electron chi connectivity index (χ3n) is 2.35. The molecule has 0 amide bonds. The Hall–Kier alpha value is -0.120. The average molecular weight is 186 g/mol. The van der Waals surface area contributed by atoms with Crippen LogP contribution in [0.5, 0.6) is 0 Å². The van der Waals surface area contributed by atoms with Gasteiger partial charge >= 0.3 is 0 Å². The molecule has 0 saturated heterocycles. The molecule has 2 N–H and O–H groups in total. The predicted molar refractivity (Wildman–Crippen MR) is 54.8 cm³/mol. The van der Waals surface area contributed by atoms with Crippen molar-refractivity contribution in [3.63, 3.8) is 0 Å². The quantitative estimate of drug-likeness (QED) is 0.571. The summed E-state index contributed by atoms with van der Waals surface area (Å²) in [5.41, 5.74) is 5.54. The van der Waals surface area contributed by atoms with Gasteiger partial charge in [-0.1, -0.05) is 6.92 Å². The largest absolute Gasteiger partial charge is 0.380 e. The van der Waals surface area contributed by atoms with Crippen LogP contribution in [0.25, 0.3) is 0 Å². The number of ether oxygens (including phenoxy) is 1. The molecule has 1 rings (SSSR count). The lowest BCUT2D eigenvalue weighted by molar-refractivity contribution is 0.102. The van der Waals surface area contributed by atoms with Gasteiger partial charge in [0.05, 0.1) is 6.61 Å². The van der Waals surface area contributed by atoms with Crippen molar-refractivity contribution >= 4 is 0 Å². The summed E-state index contributed by atoms with van der Waals surface area (Å²) in [6, 6.07) is 0.814. The fraction of sp³-hybridized carbons (Fsp3) is 1.00. The van der Waals surface area contributed by atoms with E-state index in [1.165, 1.54) is 12.8 Å². The van der Waals surface area contributed by atoms with Gasteiger partial charge < -0.3 is 10.5 Å². The highest BCUT2D eigenvalue weighted by Gasteiger charge is 2.27. The summed E-state index contributed by atoms with van der Waals surface area (Å²) in [6.07, 6.45) is 3.82. The van der Waals surface area contributed by atoms with E-state index in [1.807, 2.05) is 0 Å². The van der Waals surface area contributed by atoms with Gasteiger partial charge in [0.2, 0.25) is 0 Å². The Bertz CT molecular complexity index is 126. The molecule has 0 aliphatic heterocycles. The van der Waals surface area contributed by atoms with Crippen molar-refractivity contribution in [1.82, 2.24) is 4.90 Å². The first kappa shape index (κ1) is 11.0. The third-order valence-corrected chi connectivity index (χ3v) is 2.35. The monoisotopic (exact) mass is 186 g/mol. The molecular formula is C10H22N2O. The molecule has 0 atom stereocenters. The maximum atomic E-state index is 5.54. The minimum absolute atomic E-state index is 0.768. The van der Waals surface area contributed by atoms with Crippen molar-refractivity contribution in [2.24, 2.45) is 5.73 Å². The van der Waals surface area contributed by atoms with Crippen LogP contribution in [0.2, 0.25) is 0 Å². The number of hydrogen-bond donors (Lipinski definition) is 1.